The van der Waals surface area contributed by atoms with Crippen LogP contribution in [0.2, 0.25) is 0 Å². The molecule has 1 aliphatic heterocycles. The molecule has 0 unspecified atom stereocenters. The van der Waals surface area contributed by atoms with Gasteiger partial charge in [0, 0.05) is 0 Å². The van der Waals surface area contributed by atoms with Gasteiger partial charge in [-0.2, -0.15) is 0 Å². The Morgan fingerprint density at radius 3 is 2.08 bits per heavy atom. The van der Waals surface area contributed by atoms with E-state index in [0.29, 0.717) is 38.1 Å². The number of esters is 2. The fourth-order valence-corrected chi connectivity index (χ4v) is 4.50. The fraction of sp³-hybridized carbons (Fsp3) is 0.143. The molecule has 0 spiro atoms. The lowest BCUT2D eigenvalue weighted by molar-refractivity contribution is -0.113. The number of hydrogen-bond acceptors (Lipinski definition) is 8. The largest absolute Gasteiger partial charge is 0.508 e. The number of amidine groups is 1. The maximum Gasteiger partial charge on any atom is 0.338 e. The molecular weight excluding hydrogens is 492 g/mol. The highest BCUT2D eigenvalue weighted by atomic mass is 32.2. The van der Waals surface area contributed by atoms with Gasteiger partial charge in [-0.15, -0.1) is 0 Å². The lowest BCUT2D eigenvalue weighted by atomic mass is 10.2. The highest BCUT2D eigenvalue weighted by molar-refractivity contribution is 8.19. The van der Waals surface area contributed by atoms with Crippen molar-refractivity contribution in [3.8, 4) is 5.75 Å². The van der Waals surface area contributed by atoms with Crippen LogP contribution in [-0.2, 0) is 14.3 Å². The molecule has 0 saturated carbocycles. The van der Waals surface area contributed by atoms with Crippen molar-refractivity contribution < 1.29 is 29.0 Å². The molecule has 37 heavy (non-hydrogen) atoms. The number of rotatable bonds is 7. The number of aromatic hydroxyl groups is 1. The summed E-state index contributed by atoms with van der Waals surface area (Å²) in [5.41, 5.74) is 2.49. The molecule has 1 saturated heterocycles. The average molecular weight is 517 g/mol. The first-order valence-corrected chi connectivity index (χ1v) is 12.4. The number of phenolic OH excluding ortho intramolecular Hbond substituents is 1. The lowest BCUT2D eigenvalue weighted by Gasteiger charge is -2.16. The summed E-state index contributed by atoms with van der Waals surface area (Å²) in [5, 5.41) is 10.2. The van der Waals surface area contributed by atoms with Crippen LogP contribution in [0.4, 0.5) is 11.4 Å². The maximum atomic E-state index is 13.5. The summed E-state index contributed by atoms with van der Waals surface area (Å²) in [5.74, 6) is -1.09. The number of benzene rings is 3. The Bertz CT molecular complexity index is 1380. The van der Waals surface area contributed by atoms with Crippen LogP contribution in [0.25, 0.3) is 6.08 Å². The van der Waals surface area contributed by atoms with E-state index in [1.54, 1.807) is 92.7 Å². The standard InChI is InChI=1S/C28H24N2O6S/c1-3-35-26(33)19-8-12-21(13-9-19)29-28-30(22-14-10-20(11-15-22)27(34)36-4-2)25(32)24(37-28)17-18-6-5-7-23(31)16-18/h5-17,31H,3-4H2,1-2H3/b24-17+,29-28?. The van der Waals surface area contributed by atoms with Gasteiger partial charge in [0.25, 0.3) is 5.91 Å². The van der Waals surface area contributed by atoms with E-state index in [1.807, 2.05) is 0 Å². The summed E-state index contributed by atoms with van der Waals surface area (Å²) in [6.07, 6.45) is 1.68. The zero-order chi connectivity index (χ0) is 26.4. The summed E-state index contributed by atoms with van der Waals surface area (Å²) in [6.45, 7) is 4.01. The van der Waals surface area contributed by atoms with E-state index < -0.39 is 11.9 Å². The molecule has 0 aromatic heterocycles. The second-order valence-electron chi connectivity index (χ2n) is 7.78. The number of phenols is 1. The number of thioether (sulfide) groups is 1. The van der Waals surface area contributed by atoms with Crippen LogP contribution < -0.4 is 4.90 Å². The molecule has 0 radical (unpaired) electrons. The van der Waals surface area contributed by atoms with E-state index >= 15 is 0 Å². The normalized spacial score (nSPS) is 15.3. The third-order valence-electron chi connectivity index (χ3n) is 5.21. The zero-order valence-corrected chi connectivity index (χ0v) is 21.0. The van der Waals surface area contributed by atoms with Gasteiger partial charge in [0.2, 0.25) is 0 Å². The number of carbonyl (C=O) groups is 3. The van der Waals surface area contributed by atoms with Crippen molar-refractivity contribution in [3.63, 3.8) is 0 Å². The molecule has 8 nitrogen and oxygen atoms in total. The number of aliphatic imine (C=N–C) groups is 1. The number of amides is 1. The van der Waals surface area contributed by atoms with E-state index in [0.717, 1.165) is 0 Å². The van der Waals surface area contributed by atoms with Crippen molar-refractivity contribution in [1.29, 1.82) is 0 Å². The van der Waals surface area contributed by atoms with Crippen molar-refractivity contribution in [1.82, 2.24) is 0 Å². The van der Waals surface area contributed by atoms with E-state index in [1.165, 1.54) is 16.7 Å². The second-order valence-corrected chi connectivity index (χ2v) is 8.78. The SMILES string of the molecule is CCOC(=O)c1ccc(N=C2S/C(=C/c3cccc(O)c3)C(=O)N2c2ccc(C(=O)OCC)cc2)cc1. The van der Waals surface area contributed by atoms with Gasteiger partial charge in [0.05, 0.1) is 40.6 Å². The van der Waals surface area contributed by atoms with Crippen LogP contribution in [0.3, 0.4) is 0 Å². The minimum absolute atomic E-state index is 0.0896. The Kier molecular flexibility index (Phi) is 8.05. The predicted molar refractivity (Wildman–Crippen MR) is 143 cm³/mol. The summed E-state index contributed by atoms with van der Waals surface area (Å²) >= 11 is 1.18. The molecule has 1 amide bonds. The van der Waals surface area contributed by atoms with Crippen molar-refractivity contribution in [2.24, 2.45) is 4.99 Å². The second kappa shape index (κ2) is 11.6. The highest BCUT2D eigenvalue weighted by Crippen LogP contribution is 2.37. The van der Waals surface area contributed by atoms with E-state index in [2.05, 4.69) is 4.99 Å². The third-order valence-corrected chi connectivity index (χ3v) is 6.18. The van der Waals surface area contributed by atoms with E-state index in [4.69, 9.17) is 9.47 Å². The summed E-state index contributed by atoms with van der Waals surface area (Å²) < 4.78 is 10.1. The van der Waals surface area contributed by atoms with Crippen molar-refractivity contribution in [2.45, 2.75) is 13.8 Å². The smallest absolute Gasteiger partial charge is 0.338 e. The molecule has 1 N–H and O–H groups in total. The molecule has 4 rings (SSSR count). The van der Waals surface area contributed by atoms with Gasteiger partial charge in [0.15, 0.2) is 5.17 Å². The van der Waals surface area contributed by atoms with Crippen molar-refractivity contribution >= 4 is 52.2 Å². The van der Waals surface area contributed by atoms with E-state index in [-0.39, 0.29) is 24.9 Å². The molecular formula is C28H24N2O6S. The lowest BCUT2D eigenvalue weighted by Crippen LogP contribution is -2.28. The summed E-state index contributed by atoms with van der Waals surface area (Å²) in [4.78, 5) is 44.0. The minimum Gasteiger partial charge on any atom is -0.508 e. The molecule has 1 heterocycles. The Labute approximate surface area is 218 Å². The Hall–Kier alpha value is -4.37. The first-order chi connectivity index (χ1) is 17.9. The van der Waals surface area contributed by atoms with Gasteiger partial charge >= 0.3 is 11.9 Å². The minimum atomic E-state index is -0.448. The van der Waals surface area contributed by atoms with Crippen LogP contribution in [0.15, 0.2) is 82.7 Å². The van der Waals surface area contributed by atoms with Gasteiger partial charge in [-0.3, -0.25) is 9.69 Å². The third kappa shape index (κ3) is 6.07. The van der Waals surface area contributed by atoms with Gasteiger partial charge in [0.1, 0.15) is 5.75 Å². The van der Waals surface area contributed by atoms with Gasteiger partial charge in [-0.1, -0.05) is 12.1 Å². The molecule has 0 bridgehead atoms. The number of anilines is 1. The van der Waals surface area contributed by atoms with Crippen molar-refractivity contribution in [3.05, 3.63) is 94.4 Å². The van der Waals surface area contributed by atoms with E-state index in [9.17, 15) is 19.5 Å². The van der Waals surface area contributed by atoms with Crippen LogP contribution in [0.5, 0.6) is 5.75 Å². The maximum absolute atomic E-state index is 13.5. The first kappa shape index (κ1) is 25.7. The molecule has 3 aromatic rings. The highest BCUT2D eigenvalue weighted by Gasteiger charge is 2.35. The molecule has 0 aliphatic carbocycles. The molecule has 9 heteroatoms. The predicted octanol–water partition coefficient (Wildman–Crippen LogP) is 5.55. The molecule has 0 atom stereocenters. The Balaban J connectivity index is 1.70. The quantitative estimate of drug-likeness (QED) is 0.324. The summed E-state index contributed by atoms with van der Waals surface area (Å²) in [6, 6.07) is 19.6. The molecule has 188 valence electrons. The van der Waals surface area contributed by atoms with Gasteiger partial charge < -0.3 is 14.6 Å². The summed E-state index contributed by atoms with van der Waals surface area (Å²) in [7, 11) is 0. The monoisotopic (exact) mass is 516 g/mol. The Morgan fingerprint density at radius 1 is 0.919 bits per heavy atom. The molecule has 1 aliphatic rings. The number of hydrogen-bond donors (Lipinski definition) is 1. The van der Waals surface area contributed by atoms with Gasteiger partial charge in [-0.05, 0) is 97.9 Å². The average Bonchev–Trinajstić information content (AvgIpc) is 3.19. The van der Waals surface area contributed by atoms with Crippen LogP contribution in [0.1, 0.15) is 40.1 Å². The van der Waals surface area contributed by atoms with Crippen LogP contribution in [0, 0.1) is 0 Å². The zero-order valence-electron chi connectivity index (χ0n) is 20.2. The number of carbonyl (C=O) groups excluding carboxylic acids is 3. The fourth-order valence-electron chi connectivity index (χ4n) is 3.50. The van der Waals surface area contributed by atoms with Crippen molar-refractivity contribution in [2.75, 3.05) is 18.1 Å². The van der Waals surface area contributed by atoms with Crippen LogP contribution in [-0.4, -0.2) is 41.3 Å². The van der Waals surface area contributed by atoms with Crippen LogP contribution >= 0.6 is 11.8 Å². The first-order valence-electron chi connectivity index (χ1n) is 11.6. The molecule has 1 fully saturated rings. The molecule has 3 aromatic carbocycles. The number of ether oxygens (including phenoxy) is 2. The topological polar surface area (TPSA) is 106 Å². The Morgan fingerprint density at radius 2 is 1.51 bits per heavy atom. The number of nitrogens with zero attached hydrogens (tertiary/aromatic N) is 2. The van der Waals surface area contributed by atoms with Gasteiger partial charge in [-0.25, -0.2) is 14.6 Å².